The first-order valence-corrected chi connectivity index (χ1v) is 7.75. The Morgan fingerprint density at radius 2 is 1.75 bits per heavy atom. The number of rotatable bonds is 1. The van der Waals surface area contributed by atoms with Crippen LogP contribution in [0, 0.1) is 13.8 Å². The predicted octanol–water partition coefficient (Wildman–Crippen LogP) is 3.72. The van der Waals surface area contributed by atoms with Crippen molar-refractivity contribution in [2.75, 3.05) is 0 Å². The molecule has 1 heterocycles. The van der Waals surface area contributed by atoms with E-state index < -0.39 is 5.92 Å². The van der Waals surface area contributed by atoms with Crippen LogP contribution in [0.2, 0.25) is 0 Å². The molecule has 0 unspecified atom stereocenters. The van der Waals surface area contributed by atoms with Gasteiger partial charge in [0.15, 0.2) is 11.6 Å². The number of Topliss-reactive ketones (excluding diaryl/α,β-unsaturated/α-hetero) is 2. The molecule has 0 amide bonds. The zero-order valence-corrected chi connectivity index (χ0v) is 13.3. The largest absolute Gasteiger partial charge is 0.508 e. The van der Waals surface area contributed by atoms with Gasteiger partial charge in [0.05, 0.1) is 11.2 Å². The summed E-state index contributed by atoms with van der Waals surface area (Å²) in [5.74, 6) is -1.09. The quantitative estimate of drug-likeness (QED) is 0.695. The van der Waals surface area contributed by atoms with Crippen molar-refractivity contribution >= 4 is 22.5 Å². The third-order valence-corrected chi connectivity index (χ3v) is 4.51. The van der Waals surface area contributed by atoms with E-state index in [0.29, 0.717) is 22.3 Å². The van der Waals surface area contributed by atoms with Crippen LogP contribution in [0.1, 0.15) is 43.5 Å². The molecule has 4 heteroatoms. The molecule has 1 atom stereocenters. The van der Waals surface area contributed by atoms with Gasteiger partial charge in [0.2, 0.25) is 0 Å². The summed E-state index contributed by atoms with van der Waals surface area (Å²) in [6.45, 7) is 3.77. The highest BCUT2D eigenvalue weighted by Crippen LogP contribution is 2.36. The van der Waals surface area contributed by atoms with Gasteiger partial charge >= 0.3 is 0 Å². The predicted molar refractivity (Wildman–Crippen MR) is 90.7 cm³/mol. The van der Waals surface area contributed by atoms with E-state index >= 15 is 0 Å². The standard InChI is InChI=1S/C20H15NO3/c1-10-7-11(2)17-14(8-10)19(23)18(20(17)24)16-5-3-12-9-13(22)4-6-15(12)21-16/h3-9,18,22H,1-2H3/t18-/m0/s1. The summed E-state index contributed by atoms with van der Waals surface area (Å²) in [7, 11) is 0. The Hall–Kier alpha value is -3.01. The summed E-state index contributed by atoms with van der Waals surface area (Å²) in [4.78, 5) is 30.1. The number of phenols is 1. The van der Waals surface area contributed by atoms with Gasteiger partial charge in [0.25, 0.3) is 0 Å². The van der Waals surface area contributed by atoms with Crippen LogP contribution in [0.5, 0.6) is 5.75 Å². The van der Waals surface area contributed by atoms with Crippen molar-refractivity contribution in [1.82, 2.24) is 4.98 Å². The molecule has 118 valence electrons. The normalized spacial score (nSPS) is 16.7. The molecule has 0 fully saturated rings. The molecule has 3 aromatic rings. The zero-order valence-electron chi connectivity index (χ0n) is 13.3. The van der Waals surface area contributed by atoms with E-state index in [1.807, 2.05) is 19.9 Å². The fourth-order valence-corrected chi connectivity index (χ4v) is 3.47. The van der Waals surface area contributed by atoms with Gasteiger partial charge in [-0.15, -0.1) is 0 Å². The highest BCUT2D eigenvalue weighted by Gasteiger charge is 2.41. The molecular weight excluding hydrogens is 302 g/mol. The smallest absolute Gasteiger partial charge is 0.180 e. The number of pyridine rings is 1. The Bertz CT molecular complexity index is 1040. The average Bonchev–Trinajstić information content (AvgIpc) is 2.78. The fraction of sp³-hybridized carbons (Fsp3) is 0.150. The van der Waals surface area contributed by atoms with E-state index in [0.717, 1.165) is 16.5 Å². The molecule has 0 bridgehead atoms. The second kappa shape index (κ2) is 4.99. The van der Waals surface area contributed by atoms with Crippen molar-refractivity contribution < 1.29 is 14.7 Å². The van der Waals surface area contributed by atoms with Crippen LogP contribution in [0.25, 0.3) is 10.9 Å². The molecule has 0 spiro atoms. The number of nitrogens with zero attached hydrogens (tertiary/aromatic N) is 1. The molecule has 0 radical (unpaired) electrons. The molecule has 0 aliphatic heterocycles. The first kappa shape index (κ1) is 14.6. The zero-order chi connectivity index (χ0) is 17.0. The van der Waals surface area contributed by atoms with Gasteiger partial charge in [-0.3, -0.25) is 14.6 Å². The highest BCUT2D eigenvalue weighted by molar-refractivity contribution is 6.30. The Balaban J connectivity index is 1.86. The van der Waals surface area contributed by atoms with E-state index in [9.17, 15) is 14.7 Å². The lowest BCUT2D eigenvalue weighted by Crippen LogP contribution is -2.14. The lowest BCUT2D eigenvalue weighted by molar-refractivity contribution is 0.0888. The van der Waals surface area contributed by atoms with E-state index in [4.69, 9.17) is 0 Å². The number of hydrogen-bond donors (Lipinski definition) is 1. The van der Waals surface area contributed by atoms with Gasteiger partial charge in [0.1, 0.15) is 11.7 Å². The lowest BCUT2D eigenvalue weighted by Gasteiger charge is -2.08. The maximum absolute atomic E-state index is 12.8. The molecular formula is C20H15NO3. The summed E-state index contributed by atoms with van der Waals surface area (Å²) in [6, 6.07) is 12.0. The number of carbonyl (C=O) groups is 2. The number of fused-ring (bicyclic) bond motifs is 2. The van der Waals surface area contributed by atoms with Gasteiger partial charge in [0, 0.05) is 16.5 Å². The number of aromatic hydroxyl groups is 1. The number of benzene rings is 2. The maximum Gasteiger partial charge on any atom is 0.180 e. The van der Waals surface area contributed by atoms with Gasteiger partial charge < -0.3 is 5.11 Å². The molecule has 1 N–H and O–H groups in total. The number of aryl methyl sites for hydroxylation is 2. The third-order valence-electron chi connectivity index (χ3n) is 4.51. The third kappa shape index (κ3) is 2.03. The van der Waals surface area contributed by atoms with E-state index in [1.54, 1.807) is 36.4 Å². The Kier molecular flexibility index (Phi) is 3.03. The number of phenolic OH excluding ortho intramolecular Hbond substituents is 1. The van der Waals surface area contributed by atoms with E-state index in [-0.39, 0.29) is 17.3 Å². The molecule has 0 saturated heterocycles. The lowest BCUT2D eigenvalue weighted by atomic mass is 9.98. The summed E-state index contributed by atoms with van der Waals surface area (Å²) in [5, 5.41) is 10.3. The monoisotopic (exact) mass is 317 g/mol. The van der Waals surface area contributed by atoms with Crippen LogP contribution >= 0.6 is 0 Å². The highest BCUT2D eigenvalue weighted by atomic mass is 16.3. The van der Waals surface area contributed by atoms with Crippen molar-refractivity contribution in [2.24, 2.45) is 0 Å². The second-order valence-electron chi connectivity index (χ2n) is 6.28. The molecule has 1 aliphatic carbocycles. The maximum atomic E-state index is 12.8. The number of ketones is 2. The average molecular weight is 317 g/mol. The topological polar surface area (TPSA) is 67.3 Å². The SMILES string of the molecule is Cc1cc(C)c2c(c1)C(=O)[C@H](c1ccc3cc(O)ccc3n1)C2=O. The van der Waals surface area contributed by atoms with Gasteiger partial charge in [-0.25, -0.2) is 0 Å². The van der Waals surface area contributed by atoms with Crippen molar-refractivity contribution in [3.8, 4) is 5.75 Å². The van der Waals surface area contributed by atoms with E-state index in [1.165, 1.54) is 0 Å². The van der Waals surface area contributed by atoms with Crippen molar-refractivity contribution in [2.45, 2.75) is 19.8 Å². The molecule has 2 aromatic carbocycles. The minimum Gasteiger partial charge on any atom is -0.508 e. The summed E-state index contributed by atoms with van der Waals surface area (Å²) in [5.41, 5.74) is 3.91. The van der Waals surface area contributed by atoms with Crippen LogP contribution in [0.4, 0.5) is 0 Å². The van der Waals surface area contributed by atoms with Gasteiger partial charge in [-0.05, 0) is 49.7 Å². The molecule has 4 rings (SSSR count). The summed E-state index contributed by atoms with van der Waals surface area (Å²) < 4.78 is 0. The molecule has 4 nitrogen and oxygen atoms in total. The van der Waals surface area contributed by atoms with Crippen molar-refractivity contribution in [3.05, 3.63) is 70.4 Å². The second-order valence-corrected chi connectivity index (χ2v) is 6.28. The van der Waals surface area contributed by atoms with Crippen LogP contribution in [0.3, 0.4) is 0 Å². The van der Waals surface area contributed by atoms with Crippen LogP contribution in [-0.2, 0) is 0 Å². The van der Waals surface area contributed by atoms with Gasteiger partial charge in [-0.1, -0.05) is 17.7 Å². The summed E-state index contributed by atoms with van der Waals surface area (Å²) in [6.07, 6.45) is 0. The molecule has 1 aromatic heterocycles. The number of hydrogen-bond acceptors (Lipinski definition) is 4. The Labute approximate surface area is 138 Å². The number of carbonyl (C=O) groups excluding carboxylic acids is 2. The van der Waals surface area contributed by atoms with Crippen LogP contribution < -0.4 is 0 Å². The molecule has 24 heavy (non-hydrogen) atoms. The van der Waals surface area contributed by atoms with Crippen LogP contribution in [-0.4, -0.2) is 21.7 Å². The Morgan fingerprint density at radius 1 is 0.958 bits per heavy atom. The van der Waals surface area contributed by atoms with Crippen molar-refractivity contribution in [3.63, 3.8) is 0 Å². The Morgan fingerprint density at radius 3 is 2.54 bits per heavy atom. The van der Waals surface area contributed by atoms with Gasteiger partial charge in [-0.2, -0.15) is 0 Å². The first-order chi connectivity index (χ1) is 11.5. The van der Waals surface area contributed by atoms with Crippen molar-refractivity contribution in [1.29, 1.82) is 0 Å². The van der Waals surface area contributed by atoms with E-state index in [2.05, 4.69) is 4.98 Å². The first-order valence-electron chi connectivity index (χ1n) is 7.75. The minimum absolute atomic E-state index is 0.156. The molecule has 1 aliphatic rings. The fourth-order valence-electron chi connectivity index (χ4n) is 3.47. The summed E-state index contributed by atoms with van der Waals surface area (Å²) >= 11 is 0. The number of aromatic nitrogens is 1. The van der Waals surface area contributed by atoms with Crippen LogP contribution in [0.15, 0.2) is 42.5 Å². The minimum atomic E-state index is -0.876. The molecule has 0 saturated carbocycles.